The van der Waals surface area contributed by atoms with E-state index >= 15 is 0 Å². The van der Waals surface area contributed by atoms with Crippen LogP contribution in [0.2, 0.25) is 0 Å². The minimum absolute atomic E-state index is 0.234. The molecule has 23 heavy (non-hydrogen) atoms. The number of rotatable bonds is 5. The first-order valence-electron chi connectivity index (χ1n) is 7.43. The maximum atomic E-state index is 9.24. The van der Waals surface area contributed by atoms with Crippen LogP contribution < -0.4 is 4.74 Å². The lowest BCUT2D eigenvalue weighted by molar-refractivity contribution is 0.297. The second-order valence-corrected chi connectivity index (χ2v) is 5.03. The molecular weight excluding hydrogens is 288 g/mol. The van der Waals surface area contributed by atoms with Crippen LogP contribution in [0.25, 0.3) is 5.69 Å². The first-order valence-corrected chi connectivity index (χ1v) is 7.43. The van der Waals surface area contributed by atoms with Crippen LogP contribution in [0.15, 0.2) is 54.6 Å². The van der Waals surface area contributed by atoms with E-state index in [-0.39, 0.29) is 12.3 Å². The van der Waals surface area contributed by atoms with E-state index in [9.17, 15) is 5.26 Å². The molecule has 3 aromatic rings. The number of ether oxygens (including phenoxy) is 1. The summed E-state index contributed by atoms with van der Waals surface area (Å²) in [4.78, 5) is 0. The van der Waals surface area contributed by atoms with Crippen LogP contribution in [0.3, 0.4) is 0 Å². The van der Waals surface area contributed by atoms with Crippen molar-refractivity contribution in [1.82, 2.24) is 15.0 Å². The van der Waals surface area contributed by atoms with Gasteiger partial charge < -0.3 is 4.74 Å². The Morgan fingerprint density at radius 1 is 1.13 bits per heavy atom. The molecule has 0 aliphatic rings. The summed E-state index contributed by atoms with van der Waals surface area (Å²) in [5.41, 5.74) is 2.97. The Morgan fingerprint density at radius 2 is 1.96 bits per heavy atom. The van der Waals surface area contributed by atoms with Gasteiger partial charge in [-0.2, -0.15) is 5.26 Å². The van der Waals surface area contributed by atoms with Crippen molar-refractivity contribution < 1.29 is 4.74 Å². The third-order valence-electron chi connectivity index (χ3n) is 3.55. The van der Waals surface area contributed by atoms with Gasteiger partial charge in [0.1, 0.15) is 24.1 Å². The lowest BCUT2D eigenvalue weighted by atomic mass is 10.2. The lowest BCUT2D eigenvalue weighted by Gasteiger charge is -2.09. The fourth-order valence-corrected chi connectivity index (χ4v) is 2.30. The standard InChI is InChI=1S/C18H16N4O/c1-2-14-7-6-10-16(11-14)23-13-18-17(12-19)20-21-22(18)15-8-4-3-5-9-15/h3-11H,2,13H2,1H3. The summed E-state index contributed by atoms with van der Waals surface area (Å²) in [5, 5.41) is 17.2. The van der Waals surface area contributed by atoms with Gasteiger partial charge in [-0.1, -0.05) is 42.5 Å². The van der Waals surface area contributed by atoms with Gasteiger partial charge >= 0.3 is 0 Å². The van der Waals surface area contributed by atoms with Gasteiger partial charge in [0, 0.05) is 0 Å². The molecular formula is C18H16N4O. The fourth-order valence-electron chi connectivity index (χ4n) is 2.30. The Bertz CT molecular complexity index is 834. The second kappa shape index (κ2) is 6.75. The SMILES string of the molecule is CCc1cccc(OCc2c(C#N)nnn2-c2ccccc2)c1. The first-order chi connectivity index (χ1) is 11.3. The topological polar surface area (TPSA) is 63.7 Å². The Hall–Kier alpha value is -3.13. The Labute approximate surface area is 134 Å². The molecule has 1 heterocycles. The molecule has 0 fully saturated rings. The van der Waals surface area contributed by atoms with Gasteiger partial charge in [0.25, 0.3) is 0 Å². The largest absolute Gasteiger partial charge is 0.487 e. The number of hydrogen-bond acceptors (Lipinski definition) is 4. The third-order valence-corrected chi connectivity index (χ3v) is 3.55. The van der Waals surface area contributed by atoms with Gasteiger partial charge in [-0.05, 0) is 36.2 Å². The molecule has 0 amide bonds. The summed E-state index contributed by atoms with van der Waals surface area (Å²) in [5.74, 6) is 0.772. The van der Waals surface area contributed by atoms with Gasteiger partial charge in [0.15, 0.2) is 5.69 Å². The van der Waals surface area contributed by atoms with Crippen LogP contribution in [0.1, 0.15) is 23.9 Å². The Morgan fingerprint density at radius 3 is 2.70 bits per heavy atom. The minimum Gasteiger partial charge on any atom is -0.487 e. The van der Waals surface area contributed by atoms with E-state index in [0.717, 1.165) is 17.9 Å². The molecule has 114 valence electrons. The van der Waals surface area contributed by atoms with Crippen LogP contribution in [-0.4, -0.2) is 15.0 Å². The minimum atomic E-state index is 0.234. The van der Waals surface area contributed by atoms with Crippen LogP contribution in [0, 0.1) is 11.3 Å². The summed E-state index contributed by atoms with van der Waals surface area (Å²) in [6.45, 7) is 2.33. The summed E-state index contributed by atoms with van der Waals surface area (Å²) >= 11 is 0. The normalized spacial score (nSPS) is 10.3. The molecule has 0 saturated carbocycles. The van der Waals surface area contributed by atoms with E-state index < -0.39 is 0 Å². The molecule has 0 unspecified atom stereocenters. The van der Waals surface area contributed by atoms with Gasteiger partial charge in [0.2, 0.25) is 0 Å². The van der Waals surface area contributed by atoms with Crippen molar-refractivity contribution in [3.05, 3.63) is 71.5 Å². The zero-order valence-electron chi connectivity index (χ0n) is 12.8. The molecule has 1 aromatic heterocycles. The lowest BCUT2D eigenvalue weighted by Crippen LogP contribution is -2.07. The molecule has 0 spiro atoms. The number of aromatic nitrogens is 3. The summed E-state index contributed by atoms with van der Waals surface area (Å²) in [7, 11) is 0. The number of aryl methyl sites for hydroxylation is 1. The average molecular weight is 304 g/mol. The molecule has 0 N–H and O–H groups in total. The Balaban J connectivity index is 1.87. The highest BCUT2D eigenvalue weighted by Crippen LogP contribution is 2.18. The van der Waals surface area contributed by atoms with Crippen molar-refractivity contribution in [3.63, 3.8) is 0 Å². The predicted octanol–water partition coefficient (Wildman–Crippen LogP) is 3.28. The van der Waals surface area contributed by atoms with Crippen molar-refractivity contribution >= 4 is 0 Å². The summed E-state index contributed by atoms with van der Waals surface area (Å²) in [6.07, 6.45) is 0.949. The fraction of sp³-hybridized carbons (Fsp3) is 0.167. The molecule has 0 bridgehead atoms. The van der Waals surface area contributed by atoms with Crippen LogP contribution >= 0.6 is 0 Å². The molecule has 0 atom stereocenters. The average Bonchev–Trinajstić information content (AvgIpc) is 3.04. The summed E-state index contributed by atoms with van der Waals surface area (Å²) in [6, 6.07) is 19.6. The van der Waals surface area contributed by atoms with Gasteiger partial charge in [0.05, 0.1) is 5.69 Å². The van der Waals surface area contributed by atoms with Crippen molar-refractivity contribution in [1.29, 1.82) is 5.26 Å². The number of para-hydroxylation sites is 1. The first kappa shape index (κ1) is 14.8. The van der Waals surface area contributed by atoms with Crippen LogP contribution in [-0.2, 0) is 13.0 Å². The van der Waals surface area contributed by atoms with Gasteiger partial charge in [-0.15, -0.1) is 5.10 Å². The second-order valence-electron chi connectivity index (χ2n) is 5.03. The summed E-state index contributed by atoms with van der Waals surface area (Å²) < 4.78 is 7.49. The van der Waals surface area contributed by atoms with E-state index in [1.165, 1.54) is 5.56 Å². The zero-order valence-corrected chi connectivity index (χ0v) is 12.8. The number of nitrogens with zero attached hydrogens (tertiary/aromatic N) is 4. The van der Waals surface area contributed by atoms with E-state index in [1.54, 1.807) is 4.68 Å². The van der Waals surface area contributed by atoms with Crippen LogP contribution in [0.4, 0.5) is 0 Å². The van der Waals surface area contributed by atoms with Crippen LogP contribution in [0.5, 0.6) is 5.75 Å². The van der Waals surface area contributed by atoms with E-state index in [4.69, 9.17) is 4.74 Å². The molecule has 2 aromatic carbocycles. The van der Waals surface area contributed by atoms with Crippen molar-refractivity contribution in [2.24, 2.45) is 0 Å². The highest BCUT2D eigenvalue weighted by atomic mass is 16.5. The molecule has 5 nitrogen and oxygen atoms in total. The van der Waals surface area contributed by atoms with Crippen molar-refractivity contribution in [3.8, 4) is 17.5 Å². The van der Waals surface area contributed by atoms with E-state index in [2.05, 4.69) is 29.4 Å². The predicted molar refractivity (Wildman–Crippen MR) is 86.2 cm³/mol. The number of hydrogen-bond donors (Lipinski definition) is 0. The van der Waals surface area contributed by atoms with Crippen molar-refractivity contribution in [2.75, 3.05) is 0 Å². The molecule has 5 heteroatoms. The van der Waals surface area contributed by atoms with E-state index in [1.807, 2.05) is 48.5 Å². The highest BCUT2D eigenvalue weighted by Gasteiger charge is 2.14. The third kappa shape index (κ3) is 3.22. The maximum absolute atomic E-state index is 9.24. The molecule has 0 saturated heterocycles. The van der Waals surface area contributed by atoms with Gasteiger partial charge in [-0.3, -0.25) is 0 Å². The zero-order chi connectivity index (χ0) is 16.1. The van der Waals surface area contributed by atoms with Gasteiger partial charge in [-0.25, -0.2) is 4.68 Å². The monoisotopic (exact) mass is 304 g/mol. The van der Waals surface area contributed by atoms with Crippen molar-refractivity contribution in [2.45, 2.75) is 20.0 Å². The maximum Gasteiger partial charge on any atom is 0.189 e. The molecule has 0 aliphatic carbocycles. The quantitative estimate of drug-likeness (QED) is 0.725. The molecule has 0 aliphatic heterocycles. The molecule has 3 rings (SSSR count). The number of benzene rings is 2. The highest BCUT2D eigenvalue weighted by molar-refractivity contribution is 5.36. The van der Waals surface area contributed by atoms with E-state index in [0.29, 0.717) is 5.69 Å². The smallest absolute Gasteiger partial charge is 0.189 e. The molecule has 0 radical (unpaired) electrons. The Kier molecular flexibility index (Phi) is 4.34. The number of nitriles is 1.